The molecule has 0 spiro atoms. The Hall–Kier alpha value is -1.88. The first-order valence-corrected chi connectivity index (χ1v) is 9.07. The summed E-state index contributed by atoms with van der Waals surface area (Å²) in [6.07, 6.45) is 2.28. The summed E-state index contributed by atoms with van der Waals surface area (Å²) in [5.74, 6) is -0.0324. The van der Waals surface area contributed by atoms with E-state index in [9.17, 15) is 9.59 Å². The predicted molar refractivity (Wildman–Crippen MR) is 100 cm³/mol. The number of nitrogens with one attached hydrogen (secondary N) is 1. The molecule has 1 aliphatic heterocycles. The van der Waals surface area contributed by atoms with Crippen LogP contribution in [-0.2, 0) is 9.59 Å². The van der Waals surface area contributed by atoms with Crippen molar-refractivity contribution in [1.82, 2.24) is 15.1 Å². The van der Waals surface area contributed by atoms with Crippen molar-refractivity contribution in [3.8, 4) is 0 Å². The van der Waals surface area contributed by atoms with Gasteiger partial charge >= 0.3 is 0 Å². The van der Waals surface area contributed by atoms with Crippen LogP contribution in [0.2, 0.25) is 0 Å². The van der Waals surface area contributed by atoms with Crippen LogP contribution in [0, 0.1) is 6.92 Å². The number of nitrogens with zero attached hydrogens (tertiary/aromatic N) is 2. The summed E-state index contributed by atoms with van der Waals surface area (Å²) in [4.78, 5) is 28.6. The number of carbonyl (C=O) groups excluding carboxylic acids is 2. The van der Waals surface area contributed by atoms with Crippen LogP contribution in [0.1, 0.15) is 50.3 Å². The third-order valence-corrected chi connectivity index (χ3v) is 5.36. The molecule has 25 heavy (non-hydrogen) atoms. The first kappa shape index (κ1) is 19.4. The van der Waals surface area contributed by atoms with Crippen LogP contribution in [0.15, 0.2) is 24.3 Å². The number of benzene rings is 1. The summed E-state index contributed by atoms with van der Waals surface area (Å²) in [6, 6.07) is 8.47. The van der Waals surface area contributed by atoms with Crippen LogP contribution in [0.5, 0.6) is 0 Å². The monoisotopic (exact) mass is 345 g/mol. The molecule has 0 aliphatic carbocycles. The summed E-state index contributed by atoms with van der Waals surface area (Å²) in [6.45, 7) is 6.73. The average Bonchev–Trinajstić information content (AvgIpc) is 2.56. The molecule has 2 rings (SSSR count). The zero-order valence-corrected chi connectivity index (χ0v) is 16.1. The lowest BCUT2D eigenvalue weighted by atomic mass is 9.96. The molecule has 0 unspecified atom stereocenters. The molecule has 1 fully saturated rings. The Kier molecular flexibility index (Phi) is 6.59. The highest BCUT2D eigenvalue weighted by atomic mass is 16.2. The second kappa shape index (κ2) is 8.48. The van der Waals surface area contributed by atoms with Gasteiger partial charge in [0.05, 0.1) is 12.5 Å². The van der Waals surface area contributed by atoms with Gasteiger partial charge < -0.3 is 15.1 Å². The van der Waals surface area contributed by atoms with E-state index in [1.165, 1.54) is 6.92 Å². The van der Waals surface area contributed by atoms with Gasteiger partial charge in [-0.25, -0.2) is 0 Å². The Morgan fingerprint density at radius 1 is 1.32 bits per heavy atom. The van der Waals surface area contributed by atoms with E-state index in [2.05, 4.69) is 24.2 Å². The van der Waals surface area contributed by atoms with Crippen molar-refractivity contribution >= 4 is 11.8 Å². The van der Waals surface area contributed by atoms with E-state index in [0.717, 1.165) is 30.5 Å². The highest BCUT2D eigenvalue weighted by Gasteiger charge is 2.29. The number of hydrogen-bond acceptors (Lipinski definition) is 3. The van der Waals surface area contributed by atoms with E-state index in [4.69, 9.17) is 0 Å². The average molecular weight is 345 g/mol. The lowest BCUT2D eigenvalue weighted by Gasteiger charge is -2.39. The minimum absolute atomic E-state index is 0.0843. The molecule has 3 atom stereocenters. The van der Waals surface area contributed by atoms with Gasteiger partial charge in [-0.3, -0.25) is 9.59 Å². The molecule has 5 heteroatoms. The van der Waals surface area contributed by atoms with Gasteiger partial charge in [0.25, 0.3) is 0 Å². The van der Waals surface area contributed by atoms with Crippen molar-refractivity contribution in [2.45, 2.75) is 58.2 Å². The fourth-order valence-electron chi connectivity index (χ4n) is 3.43. The third kappa shape index (κ3) is 5.30. The molecule has 1 aromatic carbocycles. The fraction of sp³-hybridized carbons (Fsp3) is 0.600. The van der Waals surface area contributed by atoms with E-state index < -0.39 is 0 Å². The molecule has 1 aliphatic rings. The molecule has 1 N–H and O–H groups in total. The first-order chi connectivity index (χ1) is 11.8. The summed E-state index contributed by atoms with van der Waals surface area (Å²) < 4.78 is 0. The van der Waals surface area contributed by atoms with Crippen LogP contribution in [0.3, 0.4) is 0 Å². The van der Waals surface area contributed by atoms with Crippen molar-refractivity contribution < 1.29 is 9.59 Å². The van der Waals surface area contributed by atoms with Gasteiger partial charge in [0.15, 0.2) is 0 Å². The molecule has 5 nitrogen and oxygen atoms in total. The van der Waals surface area contributed by atoms with Crippen molar-refractivity contribution in [2.24, 2.45) is 0 Å². The minimum Gasteiger partial charge on any atom is -0.349 e. The van der Waals surface area contributed by atoms with E-state index in [-0.39, 0.29) is 23.9 Å². The number of hydrogen-bond donors (Lipinski definition) is 1. The quantitative estimate of drug-likeness (QED) is 0.892. The molecule has 2 amide bonds. The van der Waals surface area contributed by atoms with E-state index in [1.807, 2.05) is 43.1 Å². The first-order valence-electron chi connectivity index (χ1n) is 9.07. The maximum absolute atomic E-state index is 12.8. The molecule has 1 aromatic rings. The van der Waals surface area contributed by atoms with Gasteiger partial charge in [0, 0.05) is 32.6 Å². The molecule has 0 bridgehead atoms. The van der Waals surface area contributed by atoms with Gasteiger partial charge in [-0.1, -0.05) is 29.8 Å². The molecule has 0 radical (unpaired) electrons. The Morgan fingerprint density at radius 2 is 1.96 bits per heavy atom. The number of aryl methyl sites for hydroxylation is 1. The second-order valence-electron chi connectivity index (χ2n) is 7.38. The Morgan fingerprint density at radius 3 is 2.52 bits per heavy atom. The smallest absolute Gasteiger partial charge is 0.224 e. The Labute approximate surface area is 151 Å². The van der Waals surface area contributed by atoms with E-state index >= 15 is 0 Å². The molecular formula is C20H31N3O2. The van der Waals surface area contributed by atoms with Crippen LogP contribution < -0.4 is 5.32 Å². The molecule has 1 saturated heterocycles. The Bertz CT molecular complexity index is 599. The second-order valence-corrected chi connectivity index (χ2v) is 7.38. The van der Waals surface area contributed by atoms with E-state index in [0.29, 0.717) is 12.5 Å². The summed E-state index contributed by atoms with van der Waals surface area (Å²) in [7, 11) is 4.03. The normalized spacial score (nSPS) is 22.3. The number of carbonyl (C=O) groups is 2. The molecule has 138 valence electrons. The van der Waals surface area contributed by atoms with E-state index in [1.54, 1.807) is 0 Å². The topological polar surface area (TPSA) is 52.7 Å². The van der Waals surface area contributed by atoms with Gasteiger partial charge in [0.2, 0.25) is 11.8 Å². The maximum Gasteiger partial charge on any atom is 0.224 e. The molecular weight excluding hydrogens is 314 g/mol. The van der Waals surface area contributed by atoms with Crippen LogP contribution >= 0.6 is 0 Å². The lowest BCUT2D eigenvalue weighted by Crippen LogP contribution is -2.48. The highest BCUT2D eigenvalue weighted by Crippen LogP contribution is 2.23. The third-order valence-electron chi connectivity index (χ3n) is 5.36. The number of rotatable bonds is 5. The zero-order chi connectivity index (χ0) is 18.6. The zero-order valence-electron chi connectivity index (χ0n) is 16.1. The molecule has 0 saturated carbocycles. The minimum atomic E-state index is -0.281. The van der Waals surface area contributed by atoms with Crippen LogP contribution in [0.25, 0.3) is 0 Å². The highest BCUT2D eigenvalue weighted by molar-refractivity contribution is 5.79. The summed E-state index contributed by atoms with van der Waals surface area (Å²) >= 11 is 0. The summed E-state index contributed by atoms with van der Waals surface area (Å²) in [5, 5.41) is 2.93. The lowest BCUT2D eigenvalue weighted by molar-refractivity contribution is -0.134. The Balaban J connectivity index is 2.05. The number of likely N-dealkylation sites (tertiary alicyclic amines) is 1. The SMILES string of the molecule is CC(=O)N[C@H](CC(=O)N(C)[C@@H]1CCN(C)[C@@H](C)C1)c1ccc(C)cc1. The van der Waals surface area contributed by atoms with Crippen LogP contribution in [0.4, 0.5) is 0 Å². The molecule has 0 aromatic heterocycles. The van der Waals surface area contributed by atoms with Gasteiger partial charge in [-0.15, -0.1) is 0 Å². The summed E-state index contributed by atoms with van der Waals surface area (Å²) in [5.41, 5.74) is 2.13. The van der Waals surface area contributed by atoms with Crippen molar-refractivity contribution in [3.05, 3.63) is 35.4 Å². The van der Waals surface area contributed by atoms with Crippen LogP contribution in [-0.4, -0.2) is 54.3 Å². The van der Waals surface area contributed by atoms with Gasteiger partial charge in [-0.2, -0.15) is 0 Å². The van der Waals surface area contributed by atoms with Gasteiger partial charge in [-0.05, 0) is 39.3 Å². The fourth-order valence-corrected chi connectivity index (χ4v) is 3.43. The number of piperidine rings is 1. The molecule has 1 heterocycles. The van der Waals surface area contributed by atoms with Crippen molar-refractivity contribution in [1.29, 1.82) is 0 Å². The van der Waals surface area contributed by atoms with Gasteiger partial charge in [0.1, 0.15) is 0 Å². The number of amides is 2. The van der Waals surface area contributed by atoms with Crippen molar-refractivity contribution in [3.63, 3.8) is 0 Å². The maximum atomic E-state index is 12.8. The standard InChI is InChI=1S/C20H31N3O2/c1-14-6-8-17(9-7-14)19(21-16(3)24)13-20(25)23(5)18-10-11-22(4)15(2)12-18/h6-9,15,18-19H,10-13H2,1-5H3,(H,21,24)/t15-,18+,19+/m0/s1. The largest absolute Gasteiger partial charge is 0.349 e. The van der Waals surface area contributed by atoms with Crippen molar-refractivity contribution in [2.75, 3.05) is 20.6 Å². The predicted octanol–water partition coefficient (Wildman–Crippen LogP) is 2.50.